The second kappa shape index (κ2) is 6.13. The lowest BCUT2D eigenvalue weighted by Gasteiger charge is -2.05. The Balaban J connectivity index is 2.87. The molecule has 0 bridgehead atoms. The van der Waals surface area contributed by atoms with Crippen molar-refractivity contribution in [2.75, 3.05) is 0 Å². The molecule has 0 N–H and O–H groups in total. The van der Waals surface area contributed by atoms with Crippen molar-refractivity contribution in [1.82, 2.24) is 0 Å². The van der Waals surface area contributed by atoms with E-state index >= 15 is 0 Å². The van der Waals surface area contributed by atoms with E-state index in [2.05, 4.69) is 6.92 Å². The molecule has 17 heavy (non-hydrogen) atoms. The van der Waals surface area contributed by atoms with E-state index in [9.17, 15) is 14.9 Å². The van der Waals surface area contributed by atoms with Gasteiger partial charge >= 0.3 is 0 Å². The number of hydrogen-bond donors (Lipinski definition) is 0. The van der Waals surface area contributed by atoms with Gasteiger partial charge in [0.05, 0.1) is 4.92 Å². The van der Waals surface area contributed by atoms with Crippen molar-refractivity contribution in [3.05, 3.63) is 39.4 Å². The third kappa shape index (κ3) is 3.37. The van der Waals surface area contributed by atoms with Gasteiger partial charge in [0.25, 0.3) is 5.69 Å². The molecule has 0 amide bonds. The van der Waals surface area contributed by atoms with E-state index in [0.29, 0.717) is 17.5 Å². The standard InChI is InChI=1S/C13H17NO3/c1-3-4-5-9-13(15)11-7-6-8-12(10(11)2)14(16)17/h6-8H,3-5,9H2,1-2H3. The fraction of sp³-hybridized carbons (Fsp3) is 0.462. The Bertz CT molecular complexity index is 427. The van der Waals surface area contributed by atoms with Gasteiger partial charge < -0.3 is 0 Å². The van der Waals surface area contributed by atoms with Crippen LogP contribution in [0.3, 0.4) is 0 Å². The third-order valence-electron chi connectivity index (χ3n) is 2.81. The molecule has 0 saturated heterocycles. The fourth-order valence-corrected chi connectivity index (χ4v) is 1.79. The van der Waals surface area contributed by atoms with Gasteiger partial charge in [-0.15, -0.1) is 0 Å². The first-order chi connectivity index (χ1) is 8.07. The Morgan fingerprint density at radius 3 is 2.65 bits per heavy atom. The Hall–Kier alpha value is -1.71. The summed E-state index contributed by atoms with van der Waals surface area (Å²) in [7, 11) is 0. The molecule has 0 unspecified atom stereocenters. The molecule has 0 aliphatic carbocycles. The zero-order chi connectivity index (χ0) is 12.8. The SMILES string of the molecule is CCCCCC(=O)c1cccc([N+](=O)[O-])c1C. The van der Waals surface area contributed by atoms with E-state index in [1.54, 1.807) is 19.1 Å². The molecule has 4 nitrogen and oxygen atoms in total. The number of carbonyl (C=O) groups is 1. The minimum Gasteiger partial charge on any atom is -0.294 e. The first-order valence-corrected chi connectivity index (χ1v) is 5.85. The zero-order valence-corrected chi connectivity index (χ0v) is 10.2. The number of hydrogen-bond acceptors (Lipinski definition) is 3. The van der Waals surface area contributed by atoms with Crippen LogP contribution < -0.4 is 0 Å². The van der Waals surface area contributed by atoms with Crippen molar-refractivity contribution < 1.29 is 9.72 Å². The van der Waals surface area contributed by atoms with Crippen LogP contribution in [0.15, 0.2) is 18.2 Å². The van der Waals surface area contributed by atoms with Crippen LogP contribution in [-0.4, -0.2) is 10.7 Å². The summed E-state index contributed by atoms with van der Waals surface area (Å²) in [6, 6.07) is 4.66. The monoisotopic (exact) mass is 235 g/mol. The van der Waals surface area contributed by atoms with Crippen molar-refractivity contribution in [3.8, 4) is 0 Å². The summed E-state index contributed by atoms with van der Waals surface area (Å²) < 4.78 is 0. The molecule has 0 aromatic heterocycles. The summed E-state index contributed by atoms with van der Waals surface area (Å²) in [5.41, 5.74) is 0.973. The maximum atomic E-state index is 11.9. The van der Waals surface area contributed by atoms with E-state index < -0.39 is 4.92 Å². The molecule has 0 heterocycles. The van der Waals surface area contributed by atoms with Crippen LogP contribution in [0.2, 0.25) is 0 Å². The highest BCUT2D eigenvalue weighted by molar-refractivity contribution is 5.98. The summed E-state index contributed by atoms with van der Waals surface area (Å²) in [6.45, 7) is 3.70. The summed E-state index contributed by atoms with van der Waals surface area (Å²) >= 11 is 0. The molecule has 0 atom stereocenters. The highest BCUT2D eigenvalue weighted by atomic mass is 16.6. The fourth-order valence-electron chi connectivity index (χ4n) is 1.79. The molecule has 1 rings (SSSR count). The van der Waals surface area contributed by atoms with Crippen LogP contribution in [-0.2, 0) is 0 Å². The predicted molar refractivity (Wildman–Crippen MR) is 66.3 cm³/mol. The molecule has 0 aliphatic rings. The minimum absolute atomic E-state index is 0.000324. The number of nitro benzene ring substituents is 1. The van der Waals surface area contributed by atoms with Crippen LogP contribution in [0, 0.1) is 17.0 Å². The molecule has 4 heteroatoms. The molecule has 0 saturated carbocycles. The summed E-state index contributed by atoms with van der Waals surface area (Å²) in [4.78, 5) is 22.2. The maximum absolute atomic E-state index is 11.9. The summed E-state index contributed by atoms with van der Waals surface area (Å²) in [6.07, 6.45) is 3.38. The number of nitro groups is 1. The number of rotatable bonds is 6. The first kappa shape index (κ1) is 13.4. The average Bonchev–Trinajstić information content (AvgIpc) is 2.29. The van der Waals surface area contributed by atoms with Crippen molar-refractivity contribution >= 4 is 11.5 Å². The van der Waals surface area contributed by atoms with Gasteiger partial charge in [0.1, 0.15) is 0 Å². The molecule has 0 aliphatic heterocycles. The molecule has 1 aromatic rings. The number of benzene rings is 1. The van der Waals surface area contributed by atoms with Gasteiger partial charge in [-0.2, -0.15) is 0 Å². The minimum atomic E-state index is -0.446. The Morgan fingerprint density at radius 1 is 1.35 bits per heavy atom. The number of nitrogens with zero attached hydrogens (tertiary/aromatic N) is 1. The lowest BCUT2D eigenvalue weighted by molar-refractivity contribution is -0.385. The predicted octanol–water partition coefficient (Wildman–Crippen LogP) is 3.67. The average molecular weight is 235 g/mol. The molecule has 0 spiro atoms. The van der Waals surface area contributed by atoms with E-state index in [1.807, 2.05) is 0 Å². The van der Waals surface area contributed by atoms with Gasteiger partial charge in [0.15, 0.2) is 5.78 Å². The Morgan fingerprint density at radius 2 is 2.06 bits per heavy atom. The largest absolute Gasteiger partial charge is 0.294 e. The number of ketones is 1. The van der Waals surface area contributed by atoms with E-state index in [4.69, 9.17) is 0 Å². The second-order valence-corrected chi connectivity index (χ2v) is 4.09. The van der Waals surface area contributed by atoms with Crippen molar-refractivity contribution in [2.24, 2.45) is 0 Å². The van der Waals surface area contributed by atoms with Gasteiger partial charge in [0.2, 0.25) is 0 Å². The van der Waals surface area contributed by atoms with Gasteiger partial charge in [-0.3, -0.25) is 14.9 Å². The van der Waals surface area contributed by atoms with Crippen LogP contribution >= 0.6 is 0 Å². The smallest absolute Gasteiger partial charge is 0.273 e. The van der Waals surface area contributed by atoms with Crippen molar-refractivity contribution in [3.63, 3.8) is 0 Å². The molecule has 1 aromatic carbocycles. The van der Waals surface area contributed by atoms with Crippen molar-refractivity contribution in [2.45, 2.75) is 39.5 Å². The van der Waals surface area contributed by atoms with Crippen molar-refractivity contribution in [1.29, 1.82) is 0 Å². The van der Waals surface area contributed by atoms with E-state index in [-0.39, 0.29) is 11.5 Å². The number of unbranched alkanes of at least 4 members (excludes halogenated alkanes) is 2. The van der Waals surface area contributed by atoms with Crippen LogP contribution in [0.1, 0.15) is 48.5 Å². The molecule has 0 radical (unpaired) electrons. The normalized spacial score (nSPS) is 10.2. The first-order valence-electron chi connectivity index (χ1n) is 5.85. The quantitative estimate of drug-likeness (QED) is 0.327. The molecule has 92 valence electrons. The number of carbonyl (C=O) groups excluding carboxylic acids is 1. The molecule has 0 fully saturated rings. The Kier molecular flexibility index (Phi) is 4.82. The van der Waals surface area contributed by atoms with Crippen LogP contribution in [0.25, 0.3) is 0 Å². The van der Waals surface area contributed by atoms with Crippen LogP contribution in [0.5, 0.6) is 0 Å². The van der Waals surface area contributed by atoms with Gasteiger partial charge in [-0.1, -0.05) is 31.9 Å². The Labute approximate surface area is 101 Å². The highest BCUT2D eigenvalue weighted by Crippen LogP contribution is 2.22. The zero-order valence-electron chi connectivity index (χ0n) is 10.2. The molecular weight excluding hydrogens is 218 g/mol. The lowest BCUT2D eigenvalue weighted by atomic mass is 9.99. The van der Waals surface area contributed by atoms with Gasteiger partial charge in [0, 0.05) is 23.6 Å². The van der Waals surface area contributed by atoms with E-state index in [1.165, 1.54) is 6.07 Å². The van der Waals surface area contributed by atoms with E-state index in [0.717, 1.165) is 19.3 Å². The highest BCUT2D eigenvalue weighted by Gasteiger charge is 2.17. The summed E-state index contributed by atoms with van der Waals surface area (Å²) in [5, 5.41) is 10.8. The second-order valence-electron chi connectivity index (χ2n) is 4.09. The van der Waals surface area contributed by atoms with Gasteiger partial charge in [-0.25, -0.2) is 0 Å². The molecular formula is C13H17NO3. The number of Topliss-reactive ketones (excluding diaryl/α,β-unsaturated/α-hetero) is 1. The van der Waals surface area contributed by atoms with Crippen LogP contribution in [0.4, 0.5) is 5.69 Å². The maximum Gasteiger partial charge on any atom is 0.273 e. The third-order valence-corrected chi connectivity index (χ3v) is 2.81. The lowest BCUT2D eigenvalue weighted by Crippen LogP contribution is -2.04. The topological polar surface area (TPSA) is 60.2 Å². The van der Waals surface area contributed by atoms with Gasteiger partial charge in [-0.05, 0) is 13.3 Å². The summed E-state index contributed by atoms with van der Waals surface area (Å²) in [5.74, 6) is -0.000324.